The molecule has 1 aliphatic rings. The van der Waals surface area contributed by atoms with Crippen molar-refractivity contribution in [2.45, 2.75) is 31.0 Å². The standard InChI is InChI=1S/C10H13N5O4.C8H11NO2/c11-8-5-9(13-2-12-8)15(3-14-5)10-7(18)6(17)4(1-16)19-10;9-4-3-6-1-2-7(10)8(11)5-6/h2-4,6-7,10,16-18H,1H2,(H2,11,12,13);1-2,5,10-11H,3-4,9H2/t4-,6-,7-,10-;/m1./s1. The van der Waals surface area contributed by atoms with Crippen LogP contribution in [0.5, 0.6) is 11.5 Å². The van der Waals surface area contributed by atoms with Crippen molar-refractivity contribution in [1.29, 1.82) is 0 Å². The first-order chi connectivity index (χ1) is 14.4. The molecule has 9 N–H and O–H groups in total. The van der Waals surface area contributed by atoms with E-state index < -0.39 is 31.1 Å². The van der Waals surface area contributed by atoms with Crippen molar-refractivity contribution in [3.8, 4) is 11.5 Å². The number of phenols is 2. The molecule has 0 saturated carbocycles. The molecule has 0 unspecified atom stereocenters. The van der Waals surface area contributed by atoms with Crippen molar-refractivity contribution >= 4 is 17.0 Å². The Balaban J connectivity index is 0.000000199. The van der Waals surface area contributed by atoms with Gasteiger partial charge in [0.2, 0.25) is 0 Å². The van der Waals surface area contributed by atoms with Gasteiger partial charge in [-0.1, -0.05) is 6.07 Å². The molecule has 0 aliphatic carbocycles. The zero-order valence-electron chi connectivity index (χ0n) is 15.9. The maximum absolute atomic E-state index is 9.95. The first-order valence-corrected chi connectivity index (χ1v) is 9.13. The van der Waals surface area contributed by atoms with Gasteiger partial charge in [-0.25, -0.2) is 15.0 Å². The summed E-state index contributed by atoms with van der Waals surface area (Å²) >= 11 is 0. The van der Waals surface area contributed by atoms with E-state index in [1.807, 2.05) is 0 Å². The Morgan fingerprint density at radius 2 is 1.83 bits per heavy atom. The number of hydrogen-bond donors (Lipinski definition) is 7. The summed E-state index contributed by atoms with van der Waals surface area (Å²) < 4.78 is 6.85. The van der Waals surface area contributed by atoms with Crippen LogP contribution in [0.25, 0.3) is 11.2 Å². The summed E-state index contributed by atoms with van der Waals surface area (Å²) in [5.74, 6) is 0.0391. The molecule has 1 aromatic carbocycles. The van der Waals surface area contributed by atoms with Crippen molar-refractivity contribution in [2.24, 2.45) is 5.73 Å². The quantitative estimate of drug-likeness (QED) is 0.245. The Labute approximate surface area is 171 Å². The van der Waals surface area contributed by atoms with E-state index in [1.165, 1.54) is 29.4 Å². The third-order valence-electron chi connectivity index (χ3n) is 4.65. The molecule has 0 amide bonds. The number of phenolic OH excluding ortho intramolecular Hbond substituents is 2. The van der Waals surface area contributed by atoms with E-state index in [1.54, 1.807) is 6.07 Å². The lowest BCUT2D eigenvalue weighted by molar-refractivity contribution is -0.0511. The fourth-order valence-corrected chi connectivity index (χ4v) is 3.06. The van der Waals surface area contributed by atoms with Gasteiger partial charge in [-0.15, -0.1) is 0 Å². The Hall–Kier alpha value is -3.03. The number of nitrogens with two attached hydrogens (primary N) is 2. The van der Waals surface area contributed by atoms with Crippen LogP contribution in [0.2, 0.25) is 0 Å². The number of imidazole rings is 1. The van der Waals surface area contributed by atoms with Crippen LogP contribution < -0.4 is 11.5 Å². The average Bonchev–Trinajstić information content (AvgIpc) is 3.28. The van der Waals surface area contributed by atoms with Gasteiger partial charge < -0.3 is 41.7 Å². The van der Waals surface area contributed by atoms with E-state index in [2.05, 4.69) is 15.0 Å². The minimum atomic E-state index is -1.19. The Bertz CT molecular complexity index is 998. The number of nitrogens with zero attached hydrogens (tertiary/aromatic N) is 4. The molecule has 162 valence electrons. The first-order valence-electron chi connectivity index (χ1n) is 9.13. The Morgan fingerprint density at radius 3 is 2.47 bits per heavy atom. The van der Waals surface area contributed by atoms with E-state index in [0.29, 0.717) is 24.1 Å². The Morgan fingerprint density at radius 1 is 1.07 bits per heavy atom. The highest BCUT2D eigenvalue weighted by atomic mass is 16.6. The van der Waals surface area contributed by atoms with Gasteiger partial charge in [0, 0.05) is 0 Å². The van der Waals surface area contributed by atoms with Gasteiger partial charge in [-0.3, -0.25) is 4.57 Å². The number of fused-ring (bicyclic) bond motifs is 1. The molecule has 12 heteroatoms. The molecule has 4 atom stereocenters. The van der Waals surface area contributed by atoms with Crippen LogP contribution in [0.1, 0.15) is 11.8 Å². The lowest BCUT2D eigenvalue weighted by Gasteiger charge is -2.16. The molecule has 2 aromatic heterocycles. The molecule has 0 radical (unpaired) electrons. The van der Waals surface area contributed by atoms with E-state index >= 15 is 0 Å². The van der Waals surface area contributed by atoms with Gasteiger partial charge in [-0.2, -0.15) is 0 Å². The second kappa shape index (κ2) is 9.19. The fraction of sp³-hybridized carbons (Fsp3) is 0.389. The number of nitrogen functional groups attached to an aromatic ring is 1. The highest BCUT2D eigenvalue weighted by Crippen LogP contribution is 2.31. The largest absolute Gasteiger partial charge is 0.504 e. The number of aromatic nitrogens is 4. The van der Waals surface area contributed by atoms with Crippen LogP contribution in [0.3, 0.4) is 0 Å². The number of aliphatic hydroxyl groups is 3. The summed E-state index contributed by atoms with van der Waals surface area (Å²) in [6, 6.07) is 4.71. The van der Waals surface area contributed by atoms with Crippen molar-refractivity contribution in [3.05, 3.63) is 36.4 Å². The first kappa shape index (κ1) is 21.7. The third kappa shape index (κ3) is 4.27. The normalized spacial score (nSPS) is 23.3. The molecule has 1 aliphatic heterocycles. The topological polar surface area (TPSA) is 206 Å². The minimum Gasteiger partial charge on any atom is -0.504 e. The summed E-state index contributed by atoms with van der Waals surface area (Å²) in [5, 5.41) is 46.7. The van der Waals surface area contributed by atoms with E-state index in [-0.39, 0.29) is 17.3 Å². The number of hydrogen-bond acceptors (Lipinski definition) is 11. The van der Waals surface area contributed by atoms with Gasteiger partial charge >= 0.3 is 0 Å². The molecule has 1 fully saturated rings. The van der Waals surface area contributed by atoms with Gasteiger partial charge in [0.1, 0.15) is 30.2 Å². The summed E-state index contributed by atoms with van der Waals surface area (Å²) in [7, 11) is 0. The number of aromatic hydroxyl groups is 2. The summed E-state index contributed by atoms with van der Waals surface area (Å²) in [6.07, 6.45) is -0.707. The van der Waals surface area contributed by atoms with Crippen LogP contribution in [0.4, 0.5) is 5.82 Å². The third-order valence-corrected chi connectivity index (χ3v) is 4.65. The average molecular weight is 420 g/mol. The van der Waals surface area contributed by atoms with Gasteiger partial charge in [-0.05, 0) is 30.7 Å². The monoisotopic (exact) mass is 420 g/mol. The SMILES string of the molecule is NCCc1ccc(O)c(O)c1.Nc1ncnc2c1ncn2[C@@H]1O[C@H](CO)[C@@H](O)[C@H]1O. The van der Waals surface area contributed by atoms with E-state index in [9.17, 15) is 10.2 Å². The van der Waals surface area contributed by atoms with E-state index in [4.69, 9.17) is 31.5 Å². The van der Waals surface area contributed by atoms with Crippen molar-refractivity contribution in [3.63, 3.8) is 0 Å². The van der Waals surface area contributed by atoms with Gasteiger partial charge in [0.25, 0.3) is 0 Å². The fourth-order valence-electron chi connectivity index (χ4n) is 3.06. The number of rotatable bonds is 4. The summed E-state index contributed by atoms with van der Waals surface area (Å²) in [5.41, 5.74) is 12.7. The summed E-state index contributed by atoms with van der Waals surface area (Å²) in [4.78, 5) is 11.9. The van der Waals surface area contributed by atoms with Crippen LogP contribution >= 0.6 is 0 Å². The maximum Gasteiger partial charge on any atom is 0.167 e. The predicted molar refractivity (Wildman–Crippen MR) is 105 cm³/mol. The number of ether oxygens (including phenoxy) is 1. The van der Waals surface area contributed by atoms with E-state index in [0.717, 1.165) is 5.56 Å². The number of aliphatic hydroxyl groups excluding tert-OH is 3. The molecule has 30 heavy (non-hydrogen) atoms. The predicted octanol–water partition coefficient (Wildman–Crippen LogP) is -1.38. The van der Waals surface area contributed by atoms with Crippen LogP contribution in [-0.2, 0) is 11.2 Å². The number of benzene rings is 1. The highest BCUT2D eigenvalue weighted by Gasteiger charge is 2.43. The smallest absolute Gasteiger partial charge is 0.167 e. The molecular formula is C18H24N6O6. The van der Waals surface area contributed by atoms with Gasteiger partial charge in [0.05, 0.1) is 12.9 Å². The molecule has 0 bridgehead atoms. The van der Waals surface area contributed by atoms with Crippen LogP contribution in [-0.4, -0.2) is 76.5 Å². The van der Waals surface area contributed by atoms with Crippen LogP contribution in [0.15, 0.2) is 30.9 Å². The van der Waals surface area contributed by atoms with Crippen molar-refractivity contribution < 1.29 is 30.3 Å². The minimum absolute atomic E-state index is 0.0871. The Kier molecular flexibility index (Phi) is 6.64. The second-order valence-electron chi connectivity index (χ2n) is 6.67. The zero-order valence-corrected chi connectivity index (χ0v) is 15.9. The molecule has 12 nitrogen and oxygen atoms in total. The second-order valence-corrected chi connectivity index (χ2v) is 6.67. The van der Waals surface area contributed by atoms with Crippen LogP contribution in [0, 0.1) is 0 Å². The number of anilines is 1. The molecular weight excluding hydrogens is 396 g/mol. The lowest BCUT2D eigenvalue weighted by Crippen LogP contribution is -2.33. The van der Waals surface area contributed by atoms with Gasteiger partial charge in [0.15, 0.2) is 29.2 Å². The van der Waals surface area contributed by atoms with Crippen molar-refractivity contribution in [1.82, 2.24) is 19.5 Å². The molecule has 3 aromatic rings. The molecule has 3 heterocycles. The lowest BCUT2D eigenvalue weighted by atomic mass is 10.1. The zero-order chi connectivity index (χ0) is 21.8. The van der Waals surface area contributed by atoms with Crippen molar-refractivity contribution in [2.75, 3.05) is 18.9 Å². The maximum atomic E-state index is 9.95. The highest BCUT2D eigenvalue weighted by molar-refractivity contribution is 5.81. The summed E-state index contributed by atoms with van der Waals surface area (Å²) in [6.45, 7) is 0.155. The molecule has 1 saturated heterocycles. The molecule has 4 rings (SSSR count). The molecule has 0 spiro atoms.